The van der Waals surface area contributed by atoms with E-state index in [1.165, 1.54) is 25.4 Å². The molecule has 2 aliphatic carbocycles. The molecule has 0 saturated heterocycles. The van der Waals surface area contributed by atoms with Gasteiger partial charge in [-0.2, -0.15) is 0 Å². The van der Waals surface area contributed by atoms with Gasteiger partial charge in [0.1, 0.15) is 0 Å². The number of esters is 2. The largest absolute Gasteiger partial charge is 0.468 e. The highest BCUT2D eigenvalue weighted by atomic mass is 28.4. The molecule has 2 atom stereocenters. The van der Waals surface area contributed by atoms with Gasteiger partial charge in [-0.15, -0.1) is 0 Å². The molecular weight excluding hydrogens is 408 g/mol. The van der Waals surface area contributed by atoms with Crippen LogP contribution in [0.3, 0.4) is 0 Å². The summed E-state index contributed by atoms with van der Waals surface area (Å²) in [6.07, 6.45) is 6.05. The number of hydrogen-bond acceptors (Lipinski definition) is 5. The average molecular weight is 451 g/mol. The van der Waals surface area contributed by atoms with Crippen LogP contribution >= 0.6 is 0 Å². The molecule has 1 saturated carbocycles. The standard InChI is InChI=1S/C25H42O5Si/c1-16(2)31(17(3)4,18(5)6)30-15-21-12-10-11-20-13-25(23(26)28-8,24(27)29-9)14-22(20)19(21)7/h10-11,16-18,20-21H,12-15H2,1-9H3/t20-,21+/m1/s1. The molecule has 0 bridgehead atoms. The van der Waals surface area contributed by atoms with Gasteiger partial charge < -0.3 is 13.9 Å². The molecule has 0 aromatic rings. The molecule has 0 spiro atoms. The van der Waals surface area contributed by atoms with Crippen molar-refractivity contribution in [2.45, 2.75) is 84.4 Å². The van der Waals surface area contributed by atoms with E-state index in [-0.39, 0.29) is 11.8 Å². The highest BCUT2D eigenvalue weighted by Gasteiger charge is 2.56. The Kier molecular flexibility index (Phi) is 8.37. The summed E-state index contributed by atoms with van der Waals surface area (Å²) in [6, 6.07) is 0. The zero-order valence-electron chi connectivity index (χ0n) is 20.9. The van der Waals surface area contributed by atoms with E-state index < -0.39 is 25.7 Å². The minimum Gasteiger partial charge on any atom is -0.468 e. The summed E-state index contributed by atoms with van der Waals surface area (Å²) in [5, 5.41) is 0. The van der Waals surface area contributed by atoms with Crippen LogP contribution in [-0.4, -0.2) is 41.1 Å². The van der Waals surface area contributed by atoms with Crippen LogP contribution in [0.15, 0.2) is 23.3 Å². The van der Waals surface area contributed by atoms with Crippen LogP contribution in [0.4, 0.5) is 0 Å². The fourth-order valence-corrected chi connectivity index (χ4v) is 11.7. The first-order valence-electron chi connectivity index (χ1n) is 11.6. The van der Waals surface area contributed by atoms with Crippen LogP contribution < -0.4 is 0 Å². The van der Waals surface area contributed by atoms with Crippen LogP contribution in [0, 0.1) is 17.3 Å². The van der Waals surface area contributed by atoms with Crippen molar-refractivity contribution in [2.75, 3.05) is 20.8 Å². The second kappa shape index (κ2) is 10.0. The Bertz CT molecular complexity index is 696. The van der Waals surface area contributed by atoms with Crippen molar-refractivity contribution in [3.63, 3.8) is 0 Å². The Morgan fingerprint density at radius 2 is 1.55 bits per heavy atom. The van der Waals surface area contributed by atoms with Crippen LogP contribution in [0.25, 0.3) is 0 Å². The van der Waals surface area contributed by atoms with Gasteiger partial charge in [-0.1, -0.05) is 64.8 Å². The fourth-order valence-electron chi connectivity index (χ4n) is 6.21. The van der Waals surface area contributed by atoms with Crippen molar-refractivity contribution in [1.29, 1.82) is 0 Å². The summed E-state index contributed by atoms with van der Waals surface area (Å²) >= 11 is 0. The molecule has 0 radical (unpaired) electrons. The third-order valence-corrected chi connectivity index (χ3v) is 13.9. The SMILES string of the molecule is COC(=O)C1(C(=O)OC)CC2=C(C)[C@H](CO[Si](C(C)C)(C(C)C)C(C)C)CC=C[C@@H]2C1. The number of allylic oxidation sites excluding steroid dienone is 3. The van der Waals surface area contributed by atoms with E-state index in [2.05, 4.69) is 60.6 Å². The van der Waals surface area contributed by atoms with Crippen LogP contribution in [-0.2, 0) is 23.5 Å². The predicted molar refractivity (Wildman–Crippen MR) is 126 cm³/mol. The molecule has 2 rings (SSSR count). The van der Waals surface area contributed by atoms with Gasteiger partial charge in [-0.05, 0) is 48.7 Å². The van der Waals surface area contributed by atoms with Crippen molar-refractivity contribution in [3.05, 3.63) is 23.3 Å². The van der Waals surface area contributed by atoms with Gasteiger partial charge in [0, 0.05) is 12.5 Å². The van der Waals surface area contributed by atoms with E-state index in [9.17, 15) is 9.59 Å². The first kappa shape index (κ1) is 25.9. The molecule has 6 heteroatoms. The summed E-state index contributed by atoms with van der Waals surface area (Å²) in [5.74, 6) is -0.685. The third kappa shape index (κ3) is 4.56. The van der Waals surface area contributed by atoms with Gasteiger partial charge in [-0.3, -0.25) is 9.59 Å². The molecule has 5 nitrogen and oxygen atoms in total. The highest BCUT2D eigenvalue weighted by Crippen LogP contribution is 2.51. The van der Waals surface area contributed by atoms with Gasteiger partial charge in [0.2, 0.25) is 0 Å². The molecular formula is C25H42O5Si. The molecule has 1 fully saturated rings. The van der Waals surface area contributed by atoms with Gasteiger partial charge in [0.25, 0.3) is 0 Å². The first-order chi connectivity index (χ1) is 14.5. The van der Waals surface area contributed by atoms with Crippen molar-refractivity contribution in [2.24, 2.45) is 17.3 Å². The number of fused-ring (bicyclic) bond motifs is 1. The lowest BCUT2D eigenvalue weighted by atomic mass is 9.84. The molecule has 0 amide bonds. The third-order valence-electron chi connectivity index (χ3n) is 7.81. The van der Waals surface area contributed by atoms with Crippen LogP contribution in [0.1, 0.15) is 67.7 Å². The van der Waals surface area contributed by atoms with E-state index >= 15 is 0 Å². The number of methoxy groups -OCH3 is 2. The average Bonchev–Trinajstić information content (AvgIpc) is 3.04. The number of carbonyl (C=O) groups excluding carboxylic acids is 2. The summed E-state index contributed by atoms with van der Waals surface area (Å²) in [7, 11) is 0.711. The van der Waals surface area contributed by atoms with Gasteiger partial charge >= 0.3 is 11.9 Å². The first-order valence-corrected chi connectivity index (χ1v) is 13.8. The maximum absolute atomic E-state index is 12.6. The summed E-state index contributed by atoms with van der Waals surface area (Å²) in [4.78, 5) is 25.3. The summed E-state index contributed by atoms with van der Waals surface area (Å²) < 4.78 is 17.0. The maximum atomic E-state index is 12.6. The lowest BCUT2D eigenvalue weighted by Crippen LogP contribution is -2.48. The Balaban J connectivity index is 2.36. The second-order valence-electron chi connectivity index (χ2n) is 10.3. The number of hydrogen-bond donors (Lipinski definition) is 0. The molecule has 2 aliphatic rings. The fraction of sp³-hybridized carbons (Fsp3) is 0.760. The Hall–Kier alpha value is -1.40. The topological polar surface area (TPSA) is 61.8 Å². The molecule has 0 unspecified atom stereocenters. The van der Waals surface area contributed by atoms with E-state index in [1.54, 1.807) is 0 Å². The number of carbonyl (C=O) groups is 2. The van der Waals surface area contributed by atoms with E-state index in [0.717, 1.165) is 6.42 Å². The smallest absolute Gasteiger partial charge is 0.323 e. The Morgan fingerprint density at radius 3 is 2.00 bits per heavy atom. The molecule has 0 aliphatic heterocycles. The minimum atomic E-state index is -1.96. The lowest BCUT2D eigenvalue weighted by molar-refractivity contribution is -0.168. The van der Waals surface area contributed by atoms with E-state index in [0.29, 0.717) is 36.1 Å². The molecule has 0 aromatic carbocycles. The zero-order chi connectivity index (χ0) is 23.6. The summed E-state index contributed by atoms with van der Waals surface area (Å²) in [5.41, 5.74) is 2.78. The van der Waals surface area contributed by atoms with Gasteiger partial charge in [0.05, 0.1) is 14.2 Å². The second-order valence-corrected chi connectivity index (χ2v) is 15.7. The van der Waals surface area contributed by atoms with E-state index in [1.807, 2.05) is 0 Å². The predicted octanol–water partition coefficient (Wildman–Crippen LogP) is 5.81. The lowest BCUT2D eigenvalue weighted by Gasteiger charge is -2.43. The Labute approximate surface area is 189 Å². The normalized spacial score (nSPS) is 23.4. The van der Waals surface area contributed by atoms with Crippen molar-refractivity contribution in [1.82, 2.24) is 0 Å². The number of ether oxygens (including phenoxy) is 2. The highest BCUT2D eigenvalue weighted by molar-refractivity contribution is 6.77. The molecule has 0 N–H and O–H groups in total. The molecule has 31 heavy (non-hydrogen) atoms. The number of rotatable bonds is 8. The minimum absolute atomic E-state index is 0.0606. The van der Waals surface area contributed by atoms with Crippen molar-refractivity contribution >= 4 is 20.3 Å². The van der Waals surface area contributed by atoms with Crippen molar-refractivity contribution in [3.8, 4) is 0 Å². The van der Waals surface area contributed by atoms with Crippen LogP contribution in [0.5, 0.6) is 0 Å². The maximum Gasteiger partial charge on any atom is 0.323 e. The molecule has 0 heterocycles. The van der Waals surface area contributed by atoms with E-state index in [4.69, 9.17) is 13.9 Å². The Morgan fingerprint density at radius 1 is 1.03 bits per heavy atom. The molecule has 0 aromatic heterocycles. The molecule has 176 valence electrons. The monoisotopic (exact) mass is 450 g/mol. The van der Waals surface area contributed by atoms with Gasteiger partial charge in [0.15, 0.2) is 13.7 Å². The zero-order valence-corrected chi connectivity index (χ0v) is 21.9. The van der Waals surface area contributed by atoms with Crippen LogP contribution in [0.2, 0.25) is 16.6 Å². The quantitative estimate of drug-likeness (QED) is 0.202. The summed E-state index contributed by atoms with van der Waals surface area (Å²) in [6.45, 7) is 16.7. The van der Waals surface area contributed by atoms with Gasteiger partial charge in [-0.25, -0.2) is 0 Å². The van der Waals surface area contributed by atoms with Crippen molar-refractivity contribution < 1.29 is 23.5 Å².